The summed E-state index contributed by atoms with van der Waals surface area (Å²) < 4.78 is 5.89. The van der Waals surface area contributed by atoms with E-state index in [2.05, 4.69) is 0 Å². The lowest BCUT2D eigenvalue weighted by Crippen LogP contribution is -2.53. The molecule has 3 nitrogen and oxygen atoms in total. The van der Waals surface area contributed by atoms with E-state index >= 15 is 0 Å². The Labute approximate surface area is 95.7 Å². The van der Waals surface area contributed by atoms with Crippen molar-refractivity contribution < 1.29 is 9.53 Å². The van der Waals surface area contributed by atoms with Gasteiger partial charge in [-0.3, -0.25) is 4.79 Å². The summed E-state index contributed by atoms with van der Waals surface area (Å²) in [7, 11) is 0. The Morgan fingerprint density at radius 1 is 1.33 bits per heavy atom. The Kier molecular flexibility index (Phi) is 3.52. The number of carbonyl (C=O) groups excluding carboxylic acids is 1. The summed E-state index contributed by atoms with van der Waals surface area (Å²) in [4.78, 5) is 13.4. The summed E-state index contributed by atoms with van der Waals surface area (Å²) >= 11 is 5.58. The van der Waals surface area contributed by atoms with Gasteiger partial charge in [-0.05, 0) is 32.1 Å². The van der Waals surface area contributed by atoms with Crippen molar-refractivity contribution in [1.82, 2.24) is 4.90 Å². The Balaban J connectivity index is 1.99. The molecule has 86 valence electrons. The molecule has 2 fully saturated rings. The molecular weight excluding hydrogens is 214 g/mol. The number of alkyl halides is 1. The highest BCUT2D eigenvalue weighted by Crippen LogP contribution is 2.33. The van der Waals surface area contributed by atoms with Gasteiger partial charge in [-0.25, -0.2) is 0 Å². The van der Waals surface area contributed by atoms with Crippen LogP contribution in [0.2, 0.25) is 0 Å². The topological polar surface area (TPSA) is 29.5 Å². The van der Waals surface area contributed by atoms with Crippen molar-refractivity contribution in [3.8, 4) is 0 Å². The first-order valence-electron chi connectivity index (χ1n) is 5.73. The van der Waals surface area contributed by atoms with Gasteiger partial charge in [0.2, 0.25) is 5.91 Å². The molecular formula is C11H18ClNO2. The van der Waals surface area contributed by atoms with Crippen molar-refractivity contribution >= 4 is 17.5 Å². The number of hydrogen-bond acceptors (Lipinski definition) is 2. The Morgan fingerprint density at radius 3 is 2.80 bits per heavy atom. The van der Waals surface area contributed by atoms with Crippen LogP contribution in [0.25, 0.3) is 0 Å². The van der Waals surface area contributed by atoms with E-state index in [-0.39, 0.29) is 17.4 Å². The largest absolute Gasteiger partial charge is 0.373 e. The van der Waals surface area contributed by atoms with Gasteiger partial charge < -0.3 is 9.64 Å². The number of amides is 1. The molecule has 2 saturated heterocycles. The smallest absolute Gasteiger partial charge is 0.237 e. The second kappa shape index (κ2) is 4.71. The molecule has 0 aliphatic carbocycles. The third kappa shape index (κ3) is 2.45. The van der Waals surface area contributed by atoms with Gasteiger partial charge in [0.25, 0.3) is 0 Å². The molecule has 4 heteroatoms. The number of rotatable bonds is 1. The fourth-order valence-electron chi connectivity index (χ4n) is 2.63. The van der Waals surface area contributed by atoms with Gasteiger partial charge in [0.1, 0.15) is 5.88 Å². The molecule has 1 amide bonds. The van der Waals surface area contributed by atoms with E-state index in [1.807, 2.05) is 4.90 Å². The number of ether oxygens (including phenoxy) is 1. The lowest BCUT2D eigenvalue weighted by molar-refractivity contribution is -0.146. The van der Waals surface area contributed by atoms with E-state index in [1.165, 1.54) is 6.42 Å². The lowest BCUT2D eigenvalue weighted by Gasteiger charge is -2.44. The average Bonchev–Trinajstić information content (AvgIpc) is 2.29. The fourth-order valence-corrected chi connectivity index (χ4v) is 2.80. The molecule has 2 aliphatic rings. The van der Waals surface area contributed by atoms with E-state index in [1.54, 1.807) is 0 Å². The molecule has 0 N–H and O–H groups in total. The zero-order valence-electron chi connectivity index (χ0n) is 9.01. The van der Waals surface area contributed by atoms with Crippen molar-refractivity contribution in [2.24, 2.45) is 0 Å². The van der Waals surface area contributed by atoms with Crippen molar-refractivity contribution in [2.75, 3.05) is 25.6 Å². The van der Waals surface area contributed by atoms with E-state index in [4.69, 9.17) is 16.3 Å². The van der Waals surface area contributed by atoms with E-state index in [0.717, 1.165) is 45.4 Å². The first-order valence-corrected chi connectivity index (χ1v) is 6.27. The molecule has 0 bridgehead atoms. The first-order chi connectivity index (χ1) is 7.26. The first kappa shape index (κ1) is 11.2. The van der Waals surface area contributed by atoms with Gasteiger partial charge in [0.05, 0.1) is 5.60 Å². The molecule has 1 spiro atoms. The summed E-state index contributed by atoms with van der Waals surface area (Å²) in [5.74, 6) is 0.140. The quantitative estimate of drug-likeness (QED) is 0.644. The van der Waals surface area contributed by atoms with Crippen molar-refractivity contribution in [2.45, 2.75) is 37.7 Å². The van der Waals surface area contributed by atoms with Crippen LogP contribution >= 0.6 is 11.6 Å². The van der Waals surface area contributed by atoms with Crippen LogP contribution in [0, 0.1) is 0 Å². The molecule has 0 radical (unpaired) electrons. The molecule has 2 aliphatic heterocycles. The van der Waals surface area contributed by atoms with Crippen LogP contribution in [0.3, 0.4) is 0 Å². The maximum absolute atomic E-state index is 11.5. The Bertz CT molecular complexity index is 233. The van der Waals surface area contributed by atoms with Crippen molar-refractivity contribution in [3.05, 3.63) is 0 Å². The van der Waals surface area contributed by atoms with E-state index in [9.17, 15) is 4.79 Å². The van der Waals surface area contributed by atoms with Gasteiger partial charge in [-0.1, -0.05) is 0 Å². The molecule has 0 unspecified atom stereocenters. The van der Waals surface area contributed by atoms with Crippen molar-refractivity contribution in [1.29, 1.82) is 0 Å². The molecule has 1 atom stereocenters. The van der Waals surface area contributed by atoms with Gasteiger partial charge in [0.15, 0.2) is 0 Å². The zero-order valence-corrected chi connectivity index (χ0v) is 9.76. The van der Waals surface area contributed by atoms with Gasteiger partial charge in [-0.2, -0.15) is 0 Å². The highest BCUT2D eigenvalue weighted by atomic mass is 35.5. The monoisotopic (exact) mass is 231 g/mol. The number of likely N-dealkylation sites (tertiary alicyclic amines) is 1. The third-order valence-corrected chi connectivity index (χ3v) is 3.67. The SMILES string of the molecule is O=C(CCl)N1CCC[C@@]2(CCCCO2)C1. The highest BCUT2D eigenvalue weighted by Gasteiger charge is 2.38. The number of hydrogen-bond donors (Lipinski definition) is 0. The minimum absolute atomic E-state index is 0.0434. The van der Waals surface area contributed by atoms with Crippen LogP contribution in [-0.2, 0) is 9.53 Å². The molecule has 0 aromatic carbocycles. The van der Waals surface area contributed by atoms with Crippen LogP contribution in [0.5, 0.6) is 0 Å². The van der Waals surface area contributed by atoms with E-state index < -0.39 is 0 Å². The summed E-state index contributed by atoms with van der Waals surface area (Å²) in [6, 6.07) is 0. The molecule has 0 saturated carbocycles. The Morgan fingerprint density at radius 2 is 2.13 bits per heavy atom. The summed E-state index contributed by atoms with van der Waals surface area (Å²) in [6.07, 6.45) is 5.62. The summed E-state index contributed by atoms with van der Waals surface area (Å²) in [5, 5.41) is 0. The maximum atomic E-state index is 11.5. The predicted molar refractivity (Wildman–Crippen MR) is 59.1 cm³/mol. The predicted octanol–water partition coefficient (Wildman–Crippen LogP) is 1.79. The van der Waals surface area contributed by atoms with Crippen LogP contribution < -0.4 is 0 Å². The zero-order chi connectivity index (χ0) is 10.7. The molecule has 2 heterocycles. The minimum Gasteiger partial charge on any atom is -0.373 e. The van der Waals surface area contributed by atoms with Gasteiger partial charge in [-0.15, -0.1) is 11.6 Å². The van der Waals surface area contributed by atoms with Crippen LogP contribution in [0.1, 0.15) is 32.1 Å². The summed E-state index contributed by atoms with van der Waals surface area (Å²) in [5.41, 5.74) is -0.0434. The number of halogens is 1. The number of nitrogens with zero attached hydrogens (tertiary/aromatic N) is 1. The standard InChI is InChI=1S/C11H18ClNO2/c12-8-10(14)13-6-3-5-11(9-13)4-1-2-7-15-11/h1-9H2/t11-/m0/s1. The van der Waals surface area contributed by atoms with Crippen LogP contribution in [0.4, 0.5) is 0 Å². The minimum atomic E-state index is -0.0434. The lowest BCUT2D eigenvalue weighted by atomic mass is 9.86. The average molecular weight is 232 g/mol. The molecule has 2 rings (SSSR count). The third-order valence-electron chi connectivity index (χ3n) is 3.44. The summed E-state index contributed by atoms with van der Waals surface area (Å²) in [6.45, 7) is 2.44. The normalized spacial score (nSPS) is 31.9. The fraction of sp³-hybridized carbons (Fsp3) is 0.909. The van der Waals surface area contributed by atoms with Crippen LogP contribution in [0.15, 0.2) is 0 Å². The second-order valence-electron chi connectivity index (χ2n) is 4.54. The number of carbonyl (C=O) groups is 1. The van der Waals surface area contributed by atoms with Gasteiger partial charge in [0, 0.05) is 19.7 Å². The van der Waals surface area contributed by atoms with Crippen LogP contribution in [-0.4, -0.2) is 42.0 Å². The Hall–Kier alpha value is -0.280. The van der Waals surface area contributed by atoms with E-state index in [0.29, 0.717) is 0 Å². The molecule has 0 aromatic heterocycles. The highest BCUT2D eigenvalue weighted by molar-refractivity contribution is 6.27. The second-order valence-corrected chi connectivity index (χ2v) is 4.81. The molecule has 15 heavy (non-hydrogen) atoms. The van der Waals surface area contributed by atoms with Crippen molar-refractivity contribution in [3.63, 3.8) is 0 Å². The van der Waals surface area contributed by atoms with Gasteiger partial charge >= 0.3 is 0 Å². The molecule has 0 aromatic rings. The maximum Gasteiger partial charge on any atom is 0.237 e. The number of piperidine rings is 1.